The minimum atomic E-state index is -0.955. The third kappa shape index (κ3) is 4.71. The number of benzene rings is 1. The summed E-state index contributed by atoms with van der Waals surface area (Å²) in [5, 5.41) is 15.0. The fraction of sp³-hybridized carbons (Fsp3) is 0.450. The SMILES string of the molecule is CC[C@H](C)NC(=O)c1ccc(NC(=O)[C@H]2CC=CC[C@H]2C(=O)O)c(C)c1. The summed E-state index contributed by atoms with van der Waals surface area (Å²) in [5.41, 5.74) is 1.88. The molecule has 0 heterocycles. The zero-order chi connectivity index (χ0) is 19.3. The monoisotopic (exact) mass is 358 g/mol. The van der Waals surface area contributed by atoms with Crippen molar-refractivity contribution >= 4 is 23.5 Å². The first-order valence-corrected chi connectivity index (χ1v) is 8.93. The number of nitrogens with one attached hydrogen (secondary N) is 2. The van der Waals surface area contributed by atoms with Crippen LogP contribution in [0.15, 0.2) is 30.4 Å². The Labute approximate surface area is 153 Å². The Morgan fingerprint density at radius 3 is 2.42 bits per heavy atom. The minimum absolute atomic E-state index is 0.0921. The largest absolute Gasteiger partial charge is 0.481 e. The second kappa shape index (κ2) is 8.65. The van der Waals surface area contributed by atoms with Crippen LogP contribution in [0.3, 0.4) is 0 Å². The maximum Gasteiger partial charge on any atom is 0.307 e. The van der Waals surface area contributed by atoms with E-state index >= 15 is 0 Å². The second-order valence-electron chi connectivity index (χ2n) is 6.80. The van der Waals surface area contributed by atoms with Crippen molar-refractivity contribution in [3.05, 3.63) is 41.5 Å². The molecule has 2 amide bonds. The Balaban J connectivity index is 2.10. The molecule has 0 radical (unpaired) electrons. The Morgan fingerprint density at radius 1 is 1.19 bits per heavy atom. The van der Waals surface area contributed by atoms with Gasteiger partial charge in [-0.05, 0) is 56.9 Å². The number of anilines is 1. The highest BCUT2D eigenvalue weighted by Gasteiger charge is 2.34. The average molecular weight is 358 g/mol. The highest BCUT2D eigenvalue weighted by Crippen LogP contribution is 2.28. The molecule has 0 saturated carbocycles. The summed E-state index contributed by atoms with van der Waals surface area (Å²) in [5.74, 6) is -2.71. The number of aliphatic carboxylic acids is 1. The summed E-state index contributed by atoms with van der Waals surface area (Å²) in [4.78, 5) is 36.1. The number of carboxylic acids is 1. The van der Waals surface area contributed by atoms with Crippen molar-refractivity contribution in [3.63, 3.8) is 0 Å². The molecule has 1 aliphatic rings. The average Bonchev–Trinajstić information content (AvgIpc) is 2.62. The molecule has 1 aromatic carbocycles. The molecule has 0 unspecified atom stereocenters. The summed E-state index contributed by atoms with van der Waals surface area (Å²) < 4.78 is 0. The lowest BCUT2D eigenvalue weighted by molar-refractivity contribution is -0.146. The van der Waals surface area contributed by atoms with E-state index in [4.69, 9.17) is 0 Å². The number of carboxylic acid groups (broad SMARTS) is 1. The zero-order valence-electron chi connectivity index (χ0n) is 15.4. The van der Waals surface area contributed by atoms with E-state index in [1.165, 1.54) is 0 Å². The van der Waals surface area contributed by atoms with E-state index in [2.05, 4.69) is 10.6 Å². The molecule has 26 heavy (non-hydrogen) atoms. The van der Waals surface area contributed by atoms with Gasteiger partial charge < -0.3 is 15.7 Å². The summed E-state index contributed by atoms with van der Waals surface area (Å²) in [6.07, 6.45) is 5.27. The predicted octanol–water partition coefficient (Wildman–Crippen LogP) is 3.13. The van der Waals surface area contributed by atoms with Crippen LogP contribution in [0, 0.1) is 18.8 Å². The summed E-state index contributed by atoms with van der Waals surface area (Å²) in [6.45, 7) is 5.75. The molecule has 0 fully saturated rings. The molecule has 0 bridgehead atoms. The number of hydrogen-bond donors (Lipinski definition) is 3. The van der Waals surface area contributed by atoms with Crippen molar-refractivity contribution in [1.29, 1.82) is 0 Å². The molecule has 3 atom stereocenters. The van der Waals surface area contributed by atoms with E-state index in [9.17, 15) is 19.5 Å². The van der Waals surface area contributed by atoms with Crippen LogP contribution in [-0.2, 0) is 9.59 Å². The molecule has 0 aromatic heterocycles. The Morgan fingerprint density at radius 2 is 1.85 bits per heavy atom. The van der Waals surface area contributed by atoms with Gasteiger partial charge >= 0.3 is 5.97 Å². The fourth-order valence-electron chi connectivity index (χ4n) is 2.96. The normalized spacial score (nSPS) is 20.3. The predicted molar refractivity (Wildman–Crippen MR) is 100 cm³/mol. The maximum absolute atomic E-state index is 12.6. The number of carbonyl (C=O) groups is 3. The van der Waals surface area contributed by atoms with Gasteiger partial charge in [0.1, 0.15) is 0 Å². The van der Waals surface area contributed by atoms with Gasteiger partial charge in [-0.1, -0.05) is 19.1 Å². The molecule has 6 heteroatoms. The standard InChI is InChI=1S/C20H26N2O4/c1-4-13(3)21-18(23)14-9-10-17(12(2)11-14)22-19(24)15-7-5-6-8-16(15)20(25)26/h5-6,9-11,13,15-16H,4,7-8H2,1-3H3,(H,21,23)(H,22,24)(H,25,26)/t13-,15-,16+/m0/s1. The van der Waals surface area contributed by atoms with Crippen LogP contribution in [0.25, 0.3) is 0 Å². The quantitative estimate of drug-likeness (QED) is 0.681. The summed E-state index contributed by atoms with van der Waals surface area (Å²) >= 11 is 0. The van der Waals surface area contributed by atoms with Crippen LogP contribution < -0.4 is 10.6 Å². The lowest BCUT2D eigenvalue weighted by Gasteiger charge is -2.24. The third-order valence-electron chi connectivity index (χ3n) is 4.82. The lowest BCUT2D eigenvalue weighted by atomic mass is 9.82. The zero-order valence-corrected chi connectivity index (χ0v) is 15.4. The van der Waals surface area contributed by atoms with Gasteiger partial charge in [0.2, 0.25) is 5.91 Å². The smallest absolute Gasteiger partial charge is 0.307 e. The van der Waals surface area contributed by atoms with Crippen LogP contribution in [0.5, 0.6) is 0 Å². The van der Waals surface area contributed by atoms with Gasteiger partial charge in [0.05, 0.1) is 11.8 Å². The second-order valence-corrected chi connectivity index (χ2v) is 6.80. The molecule has 6 nitrogen and oxygen atoms in total. The Kier molecular flexibility index (Phi) is 6.55. The van der Waals surface area contributed by atoms with Gasteiger partial charge in [0.25, 0.3) is 5.91 Å². The lowest BCUT2D eigenvalue weighted by Crippen LogP contribution is -2.35. The number of rotatable bonds is 6. The molecule has 0 spiro atoms. The van der Waals surface area contributed by atoms with Crippen LogP contribution in [0.2, 0.25) is 0 Å². The molecular weight excluding hydrogens is 332 g/mol. The number of carbonyl (C=O) groups excluding carboxylic acids is 2. The summed E-state index contributed by atoms with van der Waals surface area (Å²) in [6, 6.07) is 5.17. The van der Waals surface area contributed by atoms with E-state index in [0.717, 1.165) is 12.0 Å². The van der Waals surface area contributed by atoms with Crippen molar-refractivity contribution in [2.45, 2.75) is 46.1 Å². The molecular formula is C20H26N2O4. The number of allylic oxidation sites excluding steroid dienone is 2. The van der Waals surface area contributed by atoms with Crippen molar-refractivity contribution in [3.8, 4) is 0 Å². The van der Waals surface area contributed by atoms with Crippen molar-refractivity contribution < 1.29 is 19.5 Å². The van der Waals surface area contributed by atoms with Gasteiger partial charge in [-0.15, -0.1) is 0 Å². The topological polar surface area (TPSA) is 95.5 Å². The molecule has 140 valence electrons. The Bertz CT molecular complexity index is 727. The first-order chi connectivity index (χ1) is 12.3. The van der Waals surface area contributed by atoms with Gasteiger partial charge in [-0.2, -0.15) is 0 Å². The first kappa shape index (κ1) is 19.7. The van der Waals surface area contributed by atoms with Crippen molar-refractivity contribution in [2.75, 3.05) is 5.32 Å². The van der Waals surface area contributed by atoms with Gasteiger partial charge in [0, 0.05) is 17.3 Å². The first-order valence-electron chi connectivity index (χ1n) is 8.93. The number of hydrogen-bond acceptors (Lipinski definition) is 3. The van der Waals surface area contributed by atoms with E-state index < -0.39 is 17.8 Å². The van der Waals surface area contributed by atoms with Gasteiger partial charge in [0.15, 0.2) is 0 Å². The highest BCUT2D eigenvalue weighted by atomic mass is 16.4. The number of aryl methyl sites for hydroxylation is 1. The van der Waals surface area contributed by atoms with Crippen LogP contribution in [0.4, 0.5) is 5.69 Å². The van der Waals surface area contributed by atoms with Crippen molar-refractivity contribution in [1.82, 2.24) is 5.32 Å². The summed E-state index contributed by atoms with van der Waals surface area (Å²) in [7, 11) is 0. The van der Waals surface area contributed by atoms with E-state index in [0.29, 0.717) is 24.1 Å². The molecule has 1 aliphatic carbocycles. The van der Waals surface area contributed by atoms with Crippen LogP contribution in [0.1, 0.15) is 49.0 Å². The van der Waals surface area contributed by atoms with E-state index in [1.54, 1.807) is 24.3 Å². The van der Waals surface area contributed by atoms with Gasteiger partial charge in [-0.25, -0.2) is 0 Å². The van der Waals surface area contributed by atoms with Crippen LogP contribution >= 0.6 is 0 Å². The molecule has 3 N–H and O–H groups in total. The third-order valence-corrected chi connectivity index (χ3v) is 4.82. The fourth-order valence-corrected chi connectivity index (χ4v) is 2.96. The van der Waals surface area contributed by atoms with E-state index in [1.807, 2.05) is 26.8 Å². The van der Waals surface area contributed by atoms with Crippen molar-refractivity contribution in [2.24, 2.45) is 11.8 Å². The molecule has 0 saturated heterocycles. The van der Waals surface area contributed by atoms with Crippen LogP contribution in [-0.4, -0.2) is 28.9 Å². The molecule has 0 aliphatic heterocycles. The number of amides is 2. The molecule has 2 rings (SSSR count). The Hall–Kier alpha value is -2.63. The van der Waals surface area contributed by atoms with Gasteiger partial charge in [-0.3, -0.25) is 14.4 Å². The highest BCUT2D eigenvalue weighted by molar-refractivity contribution is 5.98. The molecule has 1 aromatic rings. The maximum atomic E-state index is 12.6. The minimum Gasteiger partial charge on any atom is -0.481 e. The van der Waals surface area contributed by atoms with E-state index in [-0.39, 0.29) is 17.9 Å².